The molecule has 27 heavy (non-hydrogen) atoms. The van der Waals surface area contributed by atoms with E-state index in [4.69, 9.17) is 0 Å². The van der Waals surface area contributed by atoms with Crippen molar-refractivity contribution in [3.63, 3.8) is 0 Å². The van der Waals surface area contributed by atoms with Crippen LogP contribution in [0.3, 0.4) is 0 Å². The summed E-state index contributed by atoms with van der Waals surface area (Å²) in [5.41, 5.74) is 2.24. The van der Waals surface area contributed by atoms with Crippen LogP contribution in [0.4, 0.5) is 4.39 Å². The van der Waals surface area contributed by atoms with Crippen LogP contribution in [-0.4, -0.2) is 22.2 Å². The minimum atomic E-state index is -0.997. The van der Waals surface area contributed by atoms with Gasteiger partial charge in [-0.25, -0.2) is 9.18 Å². The van der Waals surface area contributed by atoms with Crippen molar-refractivity contribution in [2.45, 2.75) is 33.4 Å². The Balaban J connectivity index is 2.03. The van der Waals surface area contributed by atoms with Crippen LogP contribution in [0.2, 0.25) is 0 Å². The van der Waals surface area contributed by atoms with E-state index in [0.717, 1.165) is 29.4 Å². The molecule has 1 aromatic heterocycles. The van der Waals surface area contributed by atoms with Crippen LogP contribution in [0.1, 0.15) is 41.9 Å². The van der Waals surface area contributed by atoms with E-state index in [1.54, 1.807) is 22.8 Å². The summed E-state index contributed by atoms with van der Waals surface area (Å²) in [6, 6.07) is 14.1. The highest BCUT2D eigenvalue weighted by atomic mass is 19.1. The van der Waals surface area contributed by atoms with Gasteiger partial charge >= 0.3 is 5.97 Å². The Bertz CT molecular complexity index is 947. The Labute approximate surface area is 158 Å². The largest absolute Gasteiger partial charge is 0.477 e. The zero-order chi connectivity index (χ0) is 19.4. The maximum absolute atomic E-state index is 14.2. The average molecular weight is 368 g/mol. The Morgan fingerprint density at radius 1 is 1.15 bits per heavy atom. The third-order valence-corrected chi connectivity index (χ3v) is 4.76. The van der Waals surface area contributed by atoms with E-state index in [1.807, 2.05) is 24.3 Å². The van der Waals surface area contributed by atoms with E-state index in [1.165, 1.54) is 6.07 Å². The fraction of sp³-hybridized carbons (Fsp3) is 0.318. The van der Waals surface area contributed by atoms with Gasteiger partial charge in [-0.15, -0.1) is 0 Å². The van der Waals surface area contributed by atoms with Crippen molar-refractivity contribution in [2.75, 3.05) is 6.54 Å². The molecule has 0 saturated carbocycles. The van der Waals surface area contributed by atoms with Crippen molar-refractivity contribution in [3.05, 3.63) is 71.2 Å². The first-order valence-electron chi connectivity index (χ1n) is 9.26. The molecule has 0 spiro atoms. The number of rotatable bonds is 8. The normalized spacial score (nSPS) is 11.4. The van der Waals surface area contributed by atoms with E-state index in [-0.39, 0.29) is 18.1 Å². The molecule has 3 aromatic rings. The SMILES string of the molecule is CC(C)CCNCc1c(C(=O)O)n(Cc2ccccc2F)c2ccccc12. The number of aromatic carboxylic acids is 1. The van der Waals surface area contributed by atoms with Crippen LogP contribution in [0.5, 0.6) is 0 Å². The van der Waals surface area contributed by atoms with Crippen LogP contribution in [0, 0.1) is 11.7 Å². The summed E-state index contributed by atoms with van der Waals surface area (Å²) in [5.74, 6) is -0.745. The molecule has 0 aliphatic heterocycles. The van der Waals surface area contributed by atoms with Crippen LogP contribution in [0.15, 0.2) is 48.5 Å². The number of para-hydroxylation sites is 1. The number of hydrogen-bond acceptors (Lipinski definition) is 2. The van der Waals surface area contributed by atoms with Gasteiger partial charge in [-0.05, 0) is 31.0 Å². The highest BCUT2D eigenvalue weighted by Gasteiger charge is 2.22. The molecule has 0 radical (unpaired) electrons. The molecule has 3 rings (SSSR count). The fourth-order valence-corrected chi connectivity index (χ4v) is 3.36. The first-order valence-corrected chi connectivity index (χ1v) is 9.26. The number of carbonyl (C=O) groups is 1. The highest BCUT2D eigenvalue weighted by Crippen LogP contribution is 2.28. The lowest BCUT2D eigenvalue weighted by Crippen LogP contribution is -2.19. The summed E-state index contributed by atoms with van der Waals surface area (Å²) in [7, 11) is 0. The number of hydrogen-bond donors (Lipinski definition) is 2. The second-order valence-corrected chi connectivity index (χ2v) is 7.19. The highest BCUT2D eigenvalue weighted by molar-refractivity contribution is 5.98. The molecule has 5 heteroatoms. The average Bonchev–Trinajstić information content (AvgIpc) is 2.94. The van der Waals surface area contributed by atoms with Crippen LogP contribution < -0.4 is 5.32 Å². The van der Waals surface area contributed by atoms with E-state index >= 15 is 0 Å². The van der Waals surface area contributed by atoms with Crippen molar-refractivity contribution >= 4 is 16.9 Å². The Morgan fingerprint density at radius 3 is 2.56 bits per heavy atom. The Kier molecular flexibility index (Phi) is 5.91. The van der Waals surface area contributed by atoms with Crippen molar-refractivity contribution in [3.8, 4) is 0 Å². The zero-order valence-corrected chi connectivity index (χ0v) is 15.7. The summed E-state index contributed by atoms with van der Waals surface area (Å²) in [6.07, 6.45) is 1.02. The van der Waals surface area contributed by atoms with Gasteiger partial charge < -0.3 is 15.0 Å². The smallest absolute Gasteiger partial charge is 0.352 e. The number of nitrogens with zero attached hydrogens (tertiary/aromatic N) is 1. The second-order valence-electron chi connectivity index (χ2n) is 7.19. The van der Waals surface area contributed by atoms with Gasteiger partial charge in [0, 0.05) is 28.6 Å². The Morgan fingerprint density at radius 2 is 1.85 bits per heavy atom. The molecular formula is C22H25FN2O2. The van der Waals surface area contributed by atoms with E-state index in [9.17, 15) is 14.3 Å². The maximum atomic E-state index is 14.2. The molecule has 0 aliphatic rings. The van der Waals surface area contributed by atoms with Gasteiger partial charge in [0.25, 0.3) is 0 Å². The number of fused-ring (bicyclic) bond motifs is 1. The van der Waals surface area contributed by atoms with E-state index in [0.29, 0.717) is 18.0 Å². The van der Waals surface area contributed by atoms with Crippen molar-refractivity contribution < 1.29 is 14.3 Å². The number of carboxylic acids is 1. The molecule has 0 unspecified atom stereocenters. The summed E-state index contributed by atoms with van der Waals surface area (Å²) in [5, 5.41) is 14.1. The quantitative estimate of drug-likeness (QED) is 0.569. The predicted molar refractivity (Wildman–Crippen MR) is 106 cm³/mol. The molecule has 2 N–H and O–H groups in total. The van der Waals surface area contributed by atoms with Gasteiger partial charge in [0.15, 0.2) is 0 Å². The number of carboxylic acid groups (broad SMARTS) is 1. The topological polar surface area (TPSA) is 54.3 Å². The summed E-state index contributed by atoms with van der Waals surface area (Å²) >= 11 is 0. The molecule has 0 fully saturated rings. The lowest BCUT2D eigenvalue weighted by molar-refractivity contribution is 0.0684. The third kappa shape index (κ3) is 4.19. The van der Waals surface area contributed by atoms with Gasteiger partial charge in [-0.3, -0.25) is 0 Å². The fourth-order valence-electron chi connectivity index (χ4n) is 3.36. The van der Waals surface area contributed by atoms with E-state index < -0.39 is 5.97 Å². The summed E-state index contributed by atoms with van der Waals surface area (Å²) in [4.78, 5) is 12.1. The summed E-state index contributed by atoms with van der Waals surface area (Å²) < 4.78 is 15.9. The minimum Gasteiger partial charge on any atom is -0.477 e. The first-order chi connectivity index (χ1) is 13.0. The molecule has 1 heterocycles. The Hall–Kier alpha value is -2.66. The lowest BCUT2D eigenvalue weighted by atomic mass is 10.1. The molecule has 4 nitrogen and oxygen atoms in total. The molecule has 0 saturated heterocycles. The van der Waals surface area contributed by atoms with Gasteiger partial charge in [0.1, 0.15) is 11.5 Å². The predicted octanol–water partition coefficient (Wildman–Crippen LogP) is 4.66. The third-order valence-electron chi connectivity index (χ3n) is 4.76. The molecule has 0 amide bonds. The van der Waals surface area contributed by atoms with Crippen molar-refractivity contribution in [1.82, 2.24) is 9.88 Å². The lowest BCUT2D eigenvalue weighted by Gasteiger charge is -2.11. The molecule has 0 bridgehead atoms. The van der Waals surface area contributed by atoms with Crippen LogP contribution in [-0.2, 0) is 13.1 Å². The van der Waals surface area contributed by atoms with Gasteiger partial charge in [0.2, 0.25) is 0 Å². The van der Waals surface area contributed by atoms with Crippen molar-refractivity contribution in [2.24, 2.45) is 5.92 Å². The molecule has 2 aromatic carbocycles. The number of benzene rings is 2. The minimum absolute atomic E-state index is 0.181. The number of aromatic nitrogens is 1. The summed E-state index contributed by atoms with van der Waals surface area (Å²) in [6.45, 7) is 5.79. The zero-order valence-electron chi connectivity index (χ0n) is 15.7. The van der Waals surface area contributed by atoms with Crippen LogP contribution >= 0.6 is 0 Å². The monoisotopic (exact) mass is 368 g/mol. The standard InChI is InChI=1S/C22H25FN2O2/c1-15(2)11-12-24-13-18-17-8-4-6-10-20(17)25(21(18)22(26)27)14-16-7-3-5-9-19(16)23/h3-10,15,24H,11-14H2,1-2H3,(H,26,27). The van der Waals surface area contributed by atoms with Gasteiger partial charge in [0.05, 0.1) is 6.54 Å². The van der Waals surface area contributed by atoms with Crippen molar-refractivity contribution in [1.29, 1.82) is 0 Å². The number of halogens is 1. The molecular weight excluding hydrogens is 343 g/mol. The van der Waals surface area contributed by atoms with Gasteiger partial charge in [-0.2, -0.15) is 0 Å². The number of nitrogens with one attached hydrogen (secondary N) is 1. The van der Waals surface area contributed by atoms with Gasteiger partial charge in [-0.1, -0.05) is 50.2 Å². The van der Waals surface area contributed by atoms with Crippen LogP contribution in [0.25, 0.3) is 10.9 Å². The second kappa shape index (κ2) is 8.35. The first kappa shape index (κ1) is 19.1. The molecule has 0 atom stereocenters. The molecule has 0 aliphatic carbocycles. The van der Waals surface area contributed by atoms with E-state index in [2.05, 4.69) is 19.2 Å². The maximum Gasteiger partial charge on any atom is 0.352 e. The molecule has 142 valence electrons.